The second-order valence-electron chi connectivity index (χ2n) is 6.76. The Balaban J connectivity index is 1.69. The number of anilines is 1. The molecule has 0 spiro atoms. The minimum atomic E-state index is -3.65. The largest absolute Gasteiger partial charge is 0.340 e. The predicted molar refractivity (Wildman–Crippen MR) is 107 cm³/mol. The Kier molecular flexibility index (Phi) is 5.81. The van der Waals surface area contributed by atoms with Crippen LogP contribution in [0, 0.1) is 6.92 Å². The first kappa shape index (κ1) is 20.0. The third kappa shape index (κ3) is 4.40. The summed E-state index contributed by atoms with van der Waals surface area (Å²) in [5, 5.41) is 2.80. The molecule has 2 aromatic rings. The van der Waals surface area contributed by atoms with E-state index < -0.39 is 10.0 Å². The van der Waals surface area contributed by atoms with E-state index in [4.69, 9.17) is 0 Å². The zero-order valence-electron chi connectivity index (χ0n) is 15.9. The highest BCUT2D eigenvalue weighted by molar-refractivity contribution is 7.89. The van der Waals surface area contributed by atoms with Crippen LogP contribution in [0.2, 0.25) is 0 Å². The zero-order valence-corrected chi connectivity index (χ0v) is 16.7. The number of hydrogen-bond donors (Lipinski definition) is 1. The lowest BCUT2D eigenvalue weighted by Gasteiger charge is -2.33. The first-order valence-electron chi connectivity index (χ1n) is 9.01. The first-order valence-corrected chi connectivity index (χ1v) is 10.4. The molecule has 28 heavy (non-hydrogen) atoms. The Labute approximate surface area is 165 Å². The quantitative estimate of drug-likeness (QED) is 0.850. The van der Waals surface area contributed by atoms with Gasteiger partial charge in [0.2, 0.25) is 15.9 Å². The minimum absolute atomic E-state index is 0.0546. The summed E-state index contributed by atoms with van der Waals surface area (Å²) in [4.78, 5) is 25.5. The van der Waals surface area contributed by atoms with Crippen molar-refractivity contribution in [2.45, 2.75) is 18.7 Å². The number of carbonyl (C=O) groups excluding carboxylic acids is 2. The summed E-state index contributed by atoms with van der Waals surface area (Å²) in [6, 6.07) is 13.3. The molecule has 1 aliphatic heterocycles. The van der Waals surface area contributed by atoms with Crippen LogP contribution in [0.3, 0.4) is 0 Å². The van der Waals surface area contributed by atoms with Gasteiger partial charge >= 0.3 is 0 Å². The third-order valence-electron chi connectivity index (χ3n) is 4.71. The normalized spacial score (nSPS) is 15.3. The van der Waals surface area contributed by atoms with Gasteiger partial charge < -0.3 is 10.2 Å². The molecule has 0 unspecified atom stereocenters. The maximum absolute atomic E-state index is 12.8. The predicted octanol–water partition coefficient (Wildman–Crippen LogP) is 2.10. The van der Waals surface area contributed by atoms with Gasteiger partial charge in [-0.2, -0.15) is 4.31 Å². The molecule has 1 saturated heterocycles. The van der Waals surface area contributed by atoms with Crippen LogP contribution in [0.15, 0.2) is 53.4 Å². The van der Waals surface area contributed by atoms with Crippen LogP contribution in [-0.4, -0.2) is 55.6 Å². The molecule has 148 valence electrons. The molecule has 1 aliphatic rings. The molecular formula is C20H23N3O4S. The van der Waals surface area contributed by atoms with E-state index in [-0.39, 0.29) is 29.8 Å². The van der Waals surface area contributed by atoms with Crippen molar-refractivity contribution >= 4 is 27.5 Å². The van der Waals surface area contributed by atoms with Crippen LogP contribution in [0.25, 0.3) is 0 Å². The topological polar surface area (TPSA) is 86.8 Å². The number of nitrogens with zero attached hydrogens (tertiary/aromatic N) is 2. The summed E-state index contributed by atoms with van der Waals surface area (Å²) in [5.74, 6) is -0.356. The smallest absolute Gasteiger partial charge is 0.255 e. The number of carbonyl (C=O) groups is 2. The van der Waals surface area contributed by atoms with Crippen molar-refractivity contribution in [1.82, 2.24) is 9.21 Å². The molecule has 0 atom stereocenters. The van der Waals surface area contributed by atoms with Gasteiger partial charge in [0.25, 0.3) is 5.91 Å². The summed E-state index contributed by atoms with van der Waals surface area (Å²) in [6.45, 7) is 4.70. The second-order valence-corrected chi connectivity index (χ2v) is 8.70. The molecule has 2 amide bonds. The number of sulfonamides is 1. The van der Waals surface area contributed by atoms with Crippen molar-refractivity contribution in [2.24, 2.45) is 0 Å². The fraction of sp³-hybridized carbons (Fsp3) is 0.300. The fourth-order valence-corrected chi connectivity index (χ4v) is 4.52. The lowest BCUT2D eigenvalue weighted by molar-refractivity contribution is -0.129. The van der Waals surface area contributed by atoms with Crippen molar-refractivity contribution in [3.05, 3.63) is 59.7 Å². The molecular weight excluding hydrogens is 378 g/mol. The molecule has 0 aliphatic carbocycles. The van der Waals surface area contributed by atoms with Gasteiger partial charge in [0.15, 0.2) is 0 Å². The van der Waals surface area contributed by atoms with E-state index in [0.717, 1.165) is 5.56 Å². The average molecular weight is 401 g/mol. The van der Waals surface area contributed by atoms with Crippen LogP contribution in [0.5, 0.6) is 0 Å². The van der Waals surface area contributed by atoms with E-state index in [1.165, 1.54) is 35.5 Å². The van der Waals surface area contributed by atoms with Crippen LogP contribution < -0.4 is 5.32 Å². The molecule has 0 bridgehead atoms. The van der Waals surface area contributed by atoms with Gasteiger partial charge in [-0.3, -0.25) is 9.59 Å². The Hall–Kier alpha value is -2.71. The number of nitrogens with one attached hydrogen (secondary N) is 1. The third-order valence-corrected chi connectivity index (χ3v) is 6.63. The summed E-state index contributed by atoms with van der Waals surface area (Å²) < 4.78 is 27.0. The van der Waals surface area contributed by atoms with Gasteiger partial charge in [0, 0.05) is 44.4 Å². The molecule has 0 aromatic heterocycles. The summed E-state index contributed by atoms with van der Waals surface area (Å²) in [6.07, 6.45) is 0. The van der Waals surface area contributed by atoms with Gasteiger partial charge in [0.05, 0.1) is 4.90 Å². The van der Waals surface area contributed by atoms with Gasteiger partial charge in [-0.25, -0.2) is 8.42 Å². The van der Waals surface area contributed by atoms with Crippen molar-refractivity contribution in [1.29, 1.82) is 0 Å². The highest BCUT2D eigenvalue weighted by atomic mass is 32.2. The number of hydrogen-bond acceptors (Lipinski definition) is 4. The molecule has 0 radical (unpaired) electrons. The Morgan fingerprint density at radius 1 is 0.964 bits per heavy atom. The van der Waals surface area contributed by atoms with E-state index in [1.54, 1.807) is 11.0 Å². The average Bonchev–Trinajstić information content (AvgIpc) is 2.68. The van der Waals surface area contributed by atoms with Crippen molar-refractivity contribution < 1.29 is 18.0 Å². The molecule has 2 aromatic carbocycles. The Morgan fingerprint density at radius 3 is 2.18 bits per heavy atom. The van der Waals surface area contributed by atoms with E-state index >= 15 is 0 Å². The lowest BCUT2D eigenvalue weighted by atomic mass is 10.2. The number of rotatable bonds is 4. The maximum atomic E-state index is 12.8. The minimum Gasteiger partial charge on any atom is -0.340 e. The standard InChI is InChI=1S/C20H23N3O4S/c1-15-4-3-5-18(14-15)21-20(25)17-6-8-19(9-7-17)28(26,27)23-12-10-22(11-13-23)16(2)24/h3-9,14H,10-13H2,1-2H3,(H,21,25). The second kappa shape index (κ2) is 8.12. The van der Waals surface area contributed by atoms with Crippen LogP contribution >= 0.6 is 0 Å². The van der Waals surface area contributed by atoms with Crippen LogP contribution in [0.4, 0.5) is 5.69 Å². The summed E-state index contributed by atoms with van der Waals surface area (Å²) in [7, 11) is -3.65. The molecule has 0 saturated carbocycles. The van der Waals surface area contributed by atoms with Crippen LogP contribution in [0.1, 0.15) is 22.8 Å². The SMILES string of the molecule is CC(=O)N1CCN(S(=O)(=O)c2ccc(C(=O)Nc3cccc(C)c3)cc2)CC1. The Morgan fingerprint density at radius 2 is 1.61 bits per heavy atom. The van der Waals surface area contributed by atoms with E-state index in [2.05, 4.69) is 5.32 Å². The first-order chi connectivity index (χ1) is 13.3. The summed E-state index contributed by atoms with van der Waals surface area (Å²) >= 11 is 0. The van der Waals surface area contributed by atoms with Gasteiger partial charge in [-0.1, -0.05) is 12.1 Å². The van der Waals surface area contributed by atoms with Crippen molar-refractivity contribution in [3.8, 4) is 0 Å². The molecule has 3 rings (SSSR count). The highest BCUT2D eigenvalue weighted by Gasteiger charge is 2.29. The maximum Gasteiger partial charge on any atom is 0.255 e. The van der Waals surface area contributed by atoms with Crippen molar-refractivity contribution in [2.75, 3.05) is 31.5 Å². The van der Waals surface area contributed by atoms with Crippen molar-refractivity contribution in [3.63, 3.8) is 0 Å². The number of piperazine rings is 1. The van der Waals surface area contributed by atoms with E-state index in [9.17, 15) is 18.0 Å². The lowest BCUT2D eigenvalue weighted by Crippen LogP contribution is -2.49. The Bertz CT molecular complexity index is 979. The zero-order chi connectivity index (χ0) is 20.3. The monoisotopic (exact) mass is 401 g/mol. The summed E-state index contributed by atoms with van der Waals surface area (Å²) in [5.41, 5.74) is 2.09. The fourth-order valence-electron chi connectivity index (χ4n) is 3.10. The number of aryl methyl sites for hydroxylation is 1. The molecule has 7 nitrogen and oxygen atoms in total. The highest BCUT2D eigenvalue weighted by Crippen LogP contribution is 2.19. The molecule has 1 heterocycles. The molecule has 8 heteroatoms. The van der Waals surface area contributed by atoms with Gasteiger partial charge in [-0.15, -0.1) is 0 Å². The van der Waals surface area contributed by atoms with E-state index in [1.807, 2.05) is 25.1 Å². The van der Waals surface area contributed by atoms with Crippen LogP contribution in [-0.2, 0) is 14.8 Å². The van der Waals surface area contributed by atoms with Gasteiger partial charge in [0.1, 0.15) is 0 Å². The number of amides is 2. The molecule has 1 N–H and O–H groups in total. The number of benzene rings is 2. The molecule has 1 fully saturated rings. The van der Waals surface area contributed by atoms with Gasteiger partial charge in [-0.05, 0) is 48.9 Å². The van der Waals surface area contributed by atoms with E-state index in [0.29, 0.717) is 24.3 Å².